The van der Waals surface area contributed by atoms with Crippen LogP contribution in [0, 0.1) is 6.92 Å². The Morgan fingerprint density at radius 2 is 2.03 bits per heavy atom. The number of methoxy groups -OCH3 is 1. The zero-order valence-electron chi connectivity index (χ0n) is 17.6. The first kappa shape index (κ1) is 21.5. The number of carbonyl (C=O) groups excluding carboxylic acids is 2. The van der Waals surface area contributed by atoms with Crippen LogP contribution in [0.1, 0.15) is 36.6 Å². The third kappa shape index (κ3) is 4.21. The highest BCUT2D eigenvalue weighted by Gasteiger charge is 2.46. The van der Waals surface area contributed by atoms with Crippen LogP contribution < -0.4 is 4.74 Å². The standard InChI is InChI=1S/C23H26N2O5/c1-14(2)30-11-10-25-20(16-6-5-9-24-13-16)19(22(27)23(25)28)21(26)17-12-15(3)7-8-18(17)29-4/h5-9,12-14,20,26H,10-11H2,1-4H3/b21-19+. The molecule has 158 valence electrons. The van der Waals surface area contributed by atoms with Gasteiger partial charge in [-0.2, -0.15) is 0 Å². The van der Waals surface area contributed by atoms with Crippen molar-refractivity contribution in [3.8, 4) is 5.75 Å². The van der Waals surface area contributed by atoms with Crippen LogP contribution in [0.3, 0.4) is 0 Å². The number of amides is 1. The number of ketones is 1. The predicted molar refractivity (Wildman–Crippen MR) is 112 cm³/mol. The van der Waals surface area contributed by atoms with E-state index in [4.69, 9.17) is 9.47 Å². The molecule has 0 radical (unpaired) electrons. The molecule has 1 N–H and O–H groups in total. The number of aromatic nitrogens is 1. The lowest BCUT2D eigenvalue weighted by Crippen LogP contribution is -2.33. The number of aliphatic hydroxyl groups excluding tert-OH is 1. The molecule has 0 spiro atoms. The molecule has 1 aliphatic rings. The molecule has 7 nitrogen and oxygen atoms in total. The number of carbonyl (C=O) groups is 2. The highest BCUT2D eigenvalue weighted by Crippen LogP contribution is 2.40. The highest BCUT2D eigenvalue weighted by molar-refractivity contribution is 6.46. The molecular weight excluding hydrogens is 384 g/mol. The Balaban J connectivity index is 2.13. The second-order valence-corrected chi connectivity index (χ2v) is 7.40. The lowest BCUT2D eigenvalue weighted by Gasteiger charge is -2.25. The summed E-state index contributed by atoms with van der Waals surface area (Å²) in [5.41, 5.74) is 1.90. The zero-order chi connectivity index (χ0) is 21.8. The van der Waals surface area contributed by atoms with E-state index in [1.165, 1.54) is 12.0 Å². The van der Waals surface area contributed by atoms with Gasteiger partial charge in [0, 0.05) is 18.9 Å². The fraction of sp³-hybridized carbons (Fsp3) is 0.348. The summed E-state index contributed by atoms with van der Waals surface area (Å²) in [5.74, 6) is -1.27. The molecule has 1 unspecified atom stereocenters. The number of hydrogen-bond donors (Lipinski definition) is 1. The molecule has 1 aromatic heterocycles. The maximum absolute atomic E-state index is 13.0. The van der Waals surface area contributed by atoms with E-state index in [-0.39, 0.29) is 30.6 Å². The quantitative estimate of drug-likeness (QED) is 0.428. The Morgan fingerprint density at radius 3 is 2.67 bits per heavy atom. The number of hydrogen-bond acceptors (Lipinski definition) is 6. The van der Waals surface area contributed by atoms with E-state index in [0.29, 0.717) is 16.9 Å². The SMILES string of the molecule is COc1ccc(C)cc1/C(O)=C1\C(=O)C(=O)N(CCOC(C)C)C1c1cccnc1. The second-order valence-electron chi connectivity index (χ2n) is 7.40. The Kier molecular flexibility index (Phi) is 6.52. The number of nitrogens with zero attached hydrogens (tertiary/aromatic N) is 2. The molecule has 1 amide bonds. The number of likely N-dealkylation sites (tertiary alicyclic amines) is 1. The molecule has 7 heteroatoms. The van der Waals surface area contributed by atoms with Crippen molar-refractivity contribution >= 4 is 17.4 Å². The van der Waals surface area contributed by atoms with Crippen molar-refractivity contribution in [3.05, 3.63) is 65.0 Å². The smallest absolute Gasteiger partial charge is 0.295 e. The van der Waals surface area contributed by atoms with Crippen LogP contribution >= 0.6 is 0 Å². The van der Waals surface area contributed by atoms with Gasteiger partial charge in [0.05, 0.1) is 37.0 Å². The minimum absolute atomic E-state index is 0.00443. The predicted octanol–water partition coefficient (Wildman–Crippen LogP) is 3.25. The van der Waals surface area contributed by atoms with Crippen LogP contribution in [-0.4, -0.2) is 53.0 Å². The van der Waals surface area contributed by atoms with Gasteiger partial charge in [-0.15, -0.1) is 0 Å². The van der Waals surface area contributed by atoms with Gasteiger partial charge in [-0.3, -0.25) is 14.6 Å². The lowest BCUT2D eigenvalue weighted by atomic mass is 9.95. The average Bonchev–Trinajstić information content (AvgIpc) is 2.98. The summed E-state index contributed by atoms with van der Waals surface area (Å²) in [4.78, 5) is 31.4. The van der Waals surface area contributed by atoms with Crippen molar-refractivity contribution in [2.75, 3.05) is 20.3 Å². The summed E-state index contributed by atoms with van der Waals surface area (Å²) in [6, 6.07) is 8.03. The number of rotatable bonds is 7. The molecule has 1 aliphatic heterocycles. The highest BCUT2D eigenvalue weighted by atomic mass is 16.5. The third-order valence-electron chi connectivity index (χ3n) is 4.93. The van der Waals surface area contributed by atoms with Gasteiger partial charge >= 0.3 is 0 Å². The van der Waals surface area contributed by atoms with Crippen LogP contribution in [0.25, 0.3) is 5.76 Å². The van der Waals surface area contributed by atoms with Gasteiger partial charge in [0.15, 0.2) is 0 Å². The van der Waals surface area contributed by atoms with Gasteiger partial charge in [-0.05, 0) is 44.5 Å². The molecular formula is C23H26N2O5. The van der Waals surface area contributed by atoms with Crippen molar-refractivity contribution in [2.45, 2.75) is 32.9 Å². The topological polar surface area (TPSA) is 89.0 Å². The first-order valence-electron chi connectivity index (χ1n) is 9.80. The molecule has 0 aliphatic carbocycles. The summed E-state index contributed by atoms with van der Waals surface area (Å²) < 4.78 is 11.0. The van der Waals surface area contributed by atoms with E-state index in [1.54, 1.807) is 36.7 Å². The fourth-order valence-electron chi connectivity index (χ4n) is 3.53. The van der Waals surface area contributed by atoms with E-state index in [1.807, 2.05) is 26.8 Å². The van der Waals surface area contributed by atoms with Crippen LogP contribution in [0.15, 0.2) is 48.3 Å². The van der Waals surface area contributed by atoms with E-state index < -0.39 is 17.7 Å². The molecule has 2 aromatic rings. The molecule has 2 heterocycles. The molecule has 3 rings (SSSR count). The maximum atomic E-state index is 13.0. The van der Waals surface area contributed by atoms with Crippen molar-refractivity contribution in [1.82, 2.24) is 9.88 Å². The van der Waals surface area contributed by atoms with Crippen molar-refractivity contribution in [3.63, 3.8) is 0 Å². The Labute approximate surface area is 175 Å². The second kappa shape index (κ2) is 9.09. The summed E-state index contributed by atoms with van der Waals surface area (Å²) in [6.45, 7) is 6.16. The van der Waals surface area contributed by atoms with Crippen LogP contribution in [0.4, 0.5) is 0 Å². The first-order chi connectivity index (χ1) is 14.3. The number of aliphatic hydroxyl groups is 1. The number of benzene rings is 1. The van der Waals surface area contributed by atoms with Crippen molar-refractivity contribution < 1.29 is 24.2 Å². The Morgan fingerprint density at radius 1 is 1.27 bits per heavy atom. The van der Waals surface area contributed by atoms with E-state index in [9.17, 15) is 14.7 Å². The summed E-state index contributed by atoms with van der Waals surface area (Å²) in [5, 5.41) is 11.2. The summed E-state index contributed by atoms with van der Waals surface area (Å²) in [6.07, 6.45) is 3.20. The van der Waals surface area contributed by atoms with Crippen LogP contribution in [0.5, 0.6) is 5.75 Å². The third-order valence-corrected chi connectivity index (χ3v) is 4.93. The van der Waals surface area contributed by atoms with Gasteiger partial charge < -0.3 is 19.5 Å². The minimum Gasteiger partial charge on any atom is -0.507 e. The van der Waals surface area contributed by atoms with Crippen LogP contribution in [-0.2, 0) is 14.3 Å². The molecule has 1 fully saturated rings. The maximum Gasteiger partial charge on any atom is 0.295 e. The van der Waals surface area contributed by atoms with Gasteiger partial charge in [-0.25, -0.2) is 0 Å². The Hall–Kier alpha value is -3.19. The molecule has 0 saturated carbocycles. The lowest BCUT2D eigenvalue weighted by molar-refractivity contribution is -0.140. The van der Waals surface area contributed by atoms with Gasteiger partial charge in [0.2, 0.25) is 0 Å². The first-order valence-corrected chi connectivity index (χ1v) is 9.80. The monoisotopic (exact) mass is 410 g/mol. The van der Waals surface area contributed by atoms with E-state index in [0.717, 1.165) is 5.56 Å². The summed E-state index contributed by atoms with van der Waals surface area (Å²) in [7, 11) is 1.49. The fourth-order valence-corrected chi connectivity index (χ4v) is 3.53. The molecule has 1 saturated heterocycles. The summed E-state index contributed by atoms with van der Waals surface area (Å²) >= 11 is 0. The molecule has 0 bridgehead atoms. The van der Waals surface area contributed by atoms with Crippen molar-refractivity contribution in [2.24, 2.45) is 0 Å². The van der Waals surface area contributed by atoms with Crippen molar-refractivity contribution in [1.29, 1.82) is 0 Å². The van der Waals surface area contributed by atoms with Gasteiger partial charge in [0.1, 0.15) is 11.5 Å². The van der Waals surface area contributed by atoms with E-state index >= 15 is 0 Å². The molecule has 1 atom stereocenters. The largest absolute Gasteiger partial charge is 0.507 e. The minimum atomic E-state index is -0.764. The normalized spacial score (nSPS) is 18.3. The number of Topliss-reactive ketones (excluding diaryl/α,β-unsaturated/α-hetero) is 1. The average molecular weight is 410 g/mol. The molecule has 1 aromatic carbocycles. The van der Waals surface area contributed by atoms with E-state index in [2.05, 4.69) is 4.98 Å². The number of aryl methyl sites for hydroxylation is 1. The number of ether oxygens (including phenoxy) is 2. The van der Waals surface area contributed by atoms with Gasteiger partial charge in [0.25, 0.3) is 11.7 Å². The molecule has 30 heavy (non-hydrogen) atoms. The number of pyridine rings is 1. The zero-order valence-corrected chi connectivity index (χ0v) is 17.6. The Bertz CT molecular complexity index is 969. The van der Waals surface area contributed by atoms with Gasteiger partial charge in [-0.1, -0.05) is 17.7 Å². The van der Waals surface area contributed by atoms with Crippen LogP contribution in [0.2, 0.25) is 0 Å².